The van der Waals surface area contributed by atoms with Crippen LogP contribution in [0.3, 0.4) is 0 Å². The van der Waals surface area contributed by atoms with Gasteiger partial charge in [-0.05, 0) is 59.2 Å². The van der Waals surface area contributed by atoms with Crippen molar-refractivity contribution < 1.29 is 28.7 Å². The van der Waals surface area contributed by atoms with Crippen LogP contribution in [0.5, 0.6) is 0 Å². The molecule has 2 amide bonds. The lowest BCUT2D eigenvalue weighted by molar-refractivity contribution is -0.152. The molecule has 3 heterocycles. The van der Waals surface area contributed by atoms with Crippen LogP contribution in [0.4, 0.5) is 0 Å². The van der Waals surface area contributed by atoms with Gasteiger partial charge >= 0.3 is 11.9 Å². The molecule has 0 radical (unpaired) electrons. The number of benzene rings is 1. The summed E-state index contributed by atoms with van der Waals surface area (Å²) >= 11 is 4.75. The van der Waals surface area contributed by atoms with Gasteiger partial charge in [-0.3, -0.25) is 9.59 Å². The fourth-order valence-electron chi connectivity index (χ4n) is 3.84. The molecule has 3 aliphatic heterocycles. The van der Waals surface area contributed by atoms with Crippen LogP contribution < -0.4 is 5.32 Å². The number of carbonyl (C=O) groups is 4. The fraction of sp³-hybridized carbons (Fsp3) is 0.462. The molecule has 1 saturated heterocycles. The molecular formula is C26H30N2O6S3. The first-order valence-electron chi connectivity index (χ1n) is 11.8. The van der Waals surface area contributed by atoms with Gasteiger partial charge in [0.1, 0.15) is 21.9 Å². The van der Waals surface area contributed by atoms with Crippen molar-refractivity contribution in [1.82, 2.24) is 10.2 Å². The van der Waals surface area contributed by atoms with E-state index < -0.39 is 35.0 Å². The van der Waals surface area contributed by atoms with Gasteiger partial charge in [0, 0.05) is 17.3 Å². The largest absolute Gasteiger partial charge is 0.455 e. The van der Waals surface area contributed by atoms with Crippen LogP contribution in [0.15, 0.2) is 46.3 Å². The van der Waals surface area contributed by atoms with Crippen molar-refractivity contribution >= 4 is 59.0 Å². The van der Waals surface area contributed by atoms with Gasteiger partial charge in [-0.25, -0.2) is 14.5 Å². The Morgan fingerprint density at radius 1 is 0.919 bits per heavy atom. The predicted octanol–water partition coefficient (Wildman–Crippen LogP) is 4.53. The number of nitrogens with one attached hydrogen (secondary N) is 1. The van der Waals surface area contributed by atoms with Gasteiger partial charge in [0.05, 0.1) is 15.7 Å². The van der Waals surface area contributed by atoms with Crippen LogP contribution in [0.25, 0.3) is 0 Å². The molecule has 37 heavy (non-hydrogen) atoms. The number of imide groups is 1. The van der Waals surface area contributed by atoms with Crippen LogP contribution in [0.1, 0.15) is 62.3 Å². The highest BCUT2D eigenvalue weighted by Gasteiger charge is 2.44. The first-order valence-corrected chi connectivity index (χ1v) is 14.9. The second-order valence-corrected chi connectivity index (χ2v) is 14.3. The Kier molecular flexibility index (Phi) is 7.79. The van der Waals surface area contributed by atoms with Crippen molar-refractivity contribution in [2.24, 2.45) is 0 Å². The highest BCUT2D eigenvalue weighted by molar-refractivity contribution is 8.20. The molecule has 1 fully saturated rings. The Labute approximate surface area is 229 Å². The summed E-state index contributed by atoms with van der Waals surface area (Å²) in [7, 11) is 0. The lowest BCUT2D eigenvalue weighted by Crippen LogP contribution is -2.41. The van der Waals surface area contributed by atoms with E-state index in [-0.39, 0.29) is 32.1 Å². The third-order valence-corrected chi connectivity index (χ3v) is 9.43. The van der Waals surface area contributed by atoms with Crippen molar-refractivity contribution in [3.8, 4) is 0 Å². The molecule has 11 heteroatoms. The van der Waals surface area contributed by atoms with Crippen LogP contribution in [0.2, 0.25) is 0 Å². The number of nitrogens with zero attached hydrogens (tertiary/aromatic N) is 1. The van der Waals surface area contributed by atoms with E-state index in [2.05, 4.69) is 5.32 Å². The molecule has 1 N–H and O–H groups in total. The molecule has 0 aromatic heterocycles. The summed E-state index contributed by atoms with van der Waals surface area (Å²) in [6, 6.07) is 6.42. The smallest absolute Gasteiger partial charge is 0.358 e. The number of carbonyl (C=O) groups excluding carboxylic acids is 4. The third kappa shape index (κ3) is 6.04. The van der Waals surface area contributed by atoms with E-state index in [1.54, 1.807) is 89.3 Å². The number of amides is 2. The summed E-state index contributed by atoms with van der Waals surface area (Å²) in [5.41, 5.74) is -0.354. The lowest BCUT2D eigenvalue weighted by atomic mass is 10.1. The van der Waals surface area contributed by atoms with Gasteiger partial charge in [0.2, 0.25) is 0 Å². The Hall–Kier alpha value is -2.37. The second-order valence-electron chi connectivity index (χ2n) is 10.6. The minimum Gasteiger partial charge on any atom is -0.455 e. The molecule has 1 aromatic rings. The average Bonchev–Trinajstić information content (AvgIpc) is 3.41. The van der Waals surface area contributed by atoms with Crippen molar-refractivity contribution in [2.75, 3.05) is 17.3 Å². The zero-order valence-corrected chi connectivity index (χ0v) is 24.1. The summed E-state index contributed by atoms with van der Waals surface area (Å²) in [4.78, 5) is 54.4. The van der Waals surface area contributed by atoms with Crippen molar-refractivity contribution in [2.45, 2.75) is 57.3 Å². The Morgan fingerprint density at radius 3 is 1.97 bits per heavy atom. The van der Waals surface area contributed by atoms with Gasteiger partial charge < -0.3 is 14.8 Å². The highest BCUT2D eigenvalue weighted by Crippen LogP contribution is 2.43. The molecule has 0 spiro atoms. The minimum absolute atomic E-state index is 0.0633. The summed E-state index contributed by atoms with van der Waals surface area (Å²) in [6.07, 6.45) is 0. The molecule has 8 nitrogen and oxygen atoms in total. The molecule has 3 aliphatic rings. The molecule has 0 atom stereocenters. The predicted molar refractivity (Wildman–Crippen MR) is 147 cm³/mol. The number of hydrogen-bond acceptors (Lipinski definition) is 10. The number of rotatable bonds is 4. The Morgan fingerprint density at radius 2 is 1.46 bits per heavy atom. The van der Waals surface area contributed by atoms with Gasteiger partial charge in [-0.2, -0.15) is 0 Å². The summed E-state index contributed by atoms with van der Waals surface area (Å²) in [5, 5.41) is 3.28. The van der Waals surface area contributed by atoms with Crippen molar-refractivity contribution in [3.63, 3.8) is 0 Å². The summed E-state index contributed by atoms with van der Waals surface area (Å²) in [6.45, 7) is 10.5. The molecule has 0 saturated carbocycles. The van der Waals surface area contributed by atoms with Gasteiger partial charge in [-0.1, -0.05) is 12.1 Å². The van der Waals surface area contributed by atoms with E-state index in [4.69, 9.17) is 9.47 Å². The quantitative estimate of drug-likeness (QED) is 0.320. The number of fused-ring (bicyclic) bond motifs is 1. The van der Waals surface area contributed by atoms with Crippen LogP contribution >= 0.6 is 35.3 Å². The van der Waals surface area contributed by atoms with Crippen LogP contribution in [0, 0.1) is 0 Å². The van der Waals surface area contributed by atoms with E-state index in [0.29, 0.717) is 5.75 Å². The van der Waals surface area contributed by atoms with E-state index in [0.717, 1.165) is 22.0 Å². The molecular weight excluding hydrogens is 532 g/mol. The zero-order chi connectivity index (χ0) is 27.1. The zero-order valence-electron chi connectivity index (χ0n) is 21.6. The molecule has 0 bridgehead atoms. The maximum atomic E-state index is 13.5. The normalized spacial score (nSPS) is 20.1. The third-order valence-electron chi connectivity index (χ3n) is 5.27. The average molecular weight is 563 g/mol. The first kappa shape index (κ1) is 27.7. The topological polar surface area (TPSA) is 102 Å². The van der Waals surface area contributed by atoms with E-state index in [9.17, 15) is 19.2 Å². The lowest BCUT2D eigenvalue weighted by Gasteiger charge is -2.31. The SMILES string of the molecule is CC(C)(C)OC(=O)C1=C(C2SCCS2)CS/C(=C(/C(=O)OC(C)(C)C)N2C(=O)c3ccccc3C2=O)N1. The van der Waals surface area contributed by atoms with Gasteiger partial charge in [-0.15, -0.1) is 35.3 Å². The maximum Gasteiger partial charge on any atom is 0.358 e. The molecule has 1 aromatic carbocycles. The number of ether oxygens (including phenoxy) is 2. The Bertz CT molecular complexity index is 1180. The van der Waals surface area contributed by atoms with Crippen LogP contribution in [-0.4, -0.2) is 61.7 Å². The van der Waals surface area contributed by atoms with Crippen LogP contribution in [-0.2, 0) is 19.1 Å². The van der Waals surface area contributed by atoms with E-state index in [1.807, 2.05) is 0 Å². The first-order chi connectivity index (χ1) is 17.3. The van der Waals surface area contributed by atoms with Gasteiger partial charge in [0.25, 0.3) is 11.8 Å². The number of hydrogen-bond donors (Lipinski definition) is 1. The molecule has 0 unspecified atom stereocenters. The molecule has 198 valence electrons. The molecule has 4 rings (SSSR count). The summed E-state index contributed by atoms with van der Waals surface area (Å²) in [5.74, 6) is -0.318. The maximum absolute atomic E-state index is 13.5. The standard InChI is InChI=1S/C26H30N2O6S3/c1-25(2,3)33-22(31)17-16(24-35-11-12-36-24)13-37-19(27-17)18(23(32)34-26(4,5)6)28-20(29)14-9-7-8-10-15(14)21(28)30/h7-10,24,27H,11-13H2,1-6H3/b19-18-. The molecule has 0 aliphatic carbocycles. The number of esters is 2. The fourth-order valence-corrected chi connectivity index (χ4v) is 8.11. The van der Waals surface area contributed by atoms with Crippen molar-refractivity contribution in [3.05, 3.63) is 57.4 Å². The van der Waals surface area contributed by atoms with Crippen molar-refractivity contribution in [1.29, 1.82) is 0 Å². The van der Waals surface area contributed by atoms with Gasteiger partial charge in [0.15, 0.2) is 5.70 Å². The minimum atomic E-state index is -0.882. The van der Waals surface area contributed by atoms with E-state index >= 15 is 0 Å². The second kappa shape index (κ2) is 10.4. The Balaban J connectivity index is 1.82. The summed E-state index contributed by atoms with van der Waals surface area (Å²) < 4.78 is 11.4. The number of thioether (sulfide) groups is 3. The highest BCUT2D eigenvalue weighted by atomic mass is 32.2. The monoisotopic (exact) mass is 562 g/mol. The van der Waals surface area contributed by atoms with E-state index in [1.165, 1.54) is 11.8 Å².